The molecule has 0 bridgehead atoms. The molecule has 1 unspecified atom stereocenters. The lowest BCUT2D eigenvalue weighted by atomic mass is 9.96. The fourth-order valence-corrected chi connectivity index (χ4v) is 3.36. The molecule has 1 atom stereocenters. The van der Waals surface area contributed by atoms with Crippen molar-refractivity contribution in [3.8, 4) is 0 Å². The SMILES string of the molecule is Cc1nc2c(c(NC(C)c3cn(C(C)(C)C)nc3C)n1)CCCC2. The number of hydrogen-bond acceptors (Lipinski definition) is 4. The normalized spacial score (nSPS) is 15.9. The van der Waals surface area contributed by atoms with Crippen molar-refractivity contribution in [2.24, 2.45) is 0 Å². The summed E-state index contributed by atoms with van der Waals surface area (Å²) >= 11 is 0. The lowest BCUT2D eigenvalue weighted by Crippen LogP contribution is -2.22. The highest BCUT2D eigenvalue weighted by Crippen LogP contribution is 2.29. The lowest BCUT2D eigenvalue weighted by Gasteiger charge is -2.22. The summed E-state index contributed by atoms with van der Waals surface area (Å²) in [5.41, 5.74) is 4.83. The molecule has 2 aromatic rings. The Morgan fingerprint density at radius 2 is 1.83 bits per heavy atom. The minimum Gasteiger partial charge on any atom is -0.363 e. The minimum atomic E-state index is -0.00655. The van der Waals surface area contributed by atoms with Gasteiger partial charge in [-0.2, -0.15) is 5.10 Å². The maximum absolute atomic E-state index is 4.69. The average Bonchev–Trinajstić information content (AvgIpc) is 2.89. The fraction of sp³-hybridized carbons (Fsp3) is 0.632. The zero-order valence-corrected chi connectivity index (χ0v) is 15.8. The van der Waals surface area contributed by atoms with E-state index in [2.05, 4.69) is 60.8 Å². The van der Waals surface area contributed by atoms with Crippen LogP contribution < -0.4 is 5.32 Å². The highest BCUT2D eigenvalue weighted by atomic mass is 15.3. The molecule has 5 nitrogen and oxygen atoms in total. The standard InChI is InChI=1S/C19H29N5/c1-12(16-11-24(19(4,5)6)23-13(16)2)20-18-15-9-7-8-10-17(15)21-14(3)22-18/h11-12H,7-10H2,1-6H3,(H,20,21,22). The fourth-order valence-electron chi connectivity index (χ4n) is 3.36. The summed E-state index contributed by atoms with van der Waals surface area (Å²) in [7, 11) is 0. The van der Waals surface area contributed by atoms with E-state index < -0.39 is 0 Å². The molecule has 3 rings (SSSR count). The van der Waals surface area contributed by atoms with E-state index in [1.807, 2.05) is 6.92 Å². The first-order valence-corrected chi connectivity index (χ1v) is 8.95. The average molecular weight is 327 g/mol. The van der Waals surface area contributed by atoms with Crippen molar-refractivity contribution < 1.29 is 0 Å². The number of aromatic nitrogens is 4. The van der Waals surface area contributed by atoms with Crippen molar-refractivity contribution in [3.63, 3.8) is 0 Å². The van der Waals surface area contributed by atoms with Gasteiger partial charge in [0, 0.05) is 23.0 Å². The van der Waals surface area contributed by atoms with Crippen LogP contribution in [-0.2, 0) is 18.4 Å². The van der Waals surface area contributed by atoms with E-state index >= 15 is 0 Å². The molecular weight excluding hydrogens is 298 g/mol. The molecule has 2 aromatic heterocycles. The van der Waals surface area contributed by atoms with Gasteiger partial charge < -0.3 is 5.32 Å². The topological polar surface area (TPSA) is 55.6 Å². The predicted octanol–water partition coefficient (Wildman–Crippen LogP) is 4.10. The van der Waals surface area contributed by atoms with Gasteiger partial charge in [0.25, 0.3) is 0 Å². The van der Waals surface area contributed by atoms with Crippen molar-refractivity contribution in [2.45, 2.75) is 78.8 Å². The molecule has 0 amide bonds. The Balaban J connectivity index is 1.89. The van der Waals surface area contributed by atoms with Crippen LogP contribution in [0.1, 0.15) is 74.9 Å². The van der Waals surface area contributed by atoms with Crippen LogP contribution in [0.5, 0.6) is 0 Å². The Hall–Kier alpha value is -1.91. The third kappa shape index (κ3) is 3.30. The predicted molar refractivity (Wildman–Crippen MR) is 97.4 cm³/mol. The lowest BCUT2D eigenvalue weighted by molar-refractivity contribution is 0.354. The number of nitrogens with zero attached hydrogens (tertiary/aromatic N) is 4. The van der Waals surface area contributed by atoms with Gasteiger partial charge in [0.05, 0.1) is 17.3 Å². The van der Waals surface area contributed by atoms with Gasteiger partial charge in [0.2, 0.25) is 0 Å². The monoisotopic (exact) mass is 327 g/mol. The number of anilines is 1. The number of rotatable bonds is 3. The van der Waals surface area contributed by atoms with Crippen molar-refractivity contribution in [3.05, 3.63) is 34.5 Å². The molecule has 5 heteroatoms. The van der Waals surface area contributed by atoms with Crippen LogP contribution in [0.3, 0.4) is 0 Å². The van der Waals surface area contributed by atoms with Gasteiger partial charge in [-0.1, -0.05) is 0 Å². The van der Waals surface area contributed by atoms with Crippen molar-refractivity contribution in [1.82, 2.24) is 19.7 Å². The molecule has 0 saturated heterocycles. The first kappa shape index (κ1) is 16.9. The summed E-state index contributed by atoms with van der Waals surface area (Å²) in [5.74, 6) is 1.86. The summed E-state index contributed by atoms with van der Waals surface area (Å²) in [6.45, 7) is 12.8. The highest BCUT2D eigenvalue weighted by molar-refractivity contribution is 5.49. The van der Waals surface area contributed by atoms with Gasteiger partial charge in [0.15, 0.2) is 0 Å². The van der Waals surface area contributed by atoms with E-state index in [-0.39, 0.29) is 11.6 Å². The summed E-state index contributed by atoms with van der Waals surface area (Å²) in [6, 6.07) is 0.168. The second kappa shape index (κ2) is 6.19. The third-order valence-electron chi connectivity index (χ3n) is 4.74. The first-order valence-electron chi connectivity index (χ1n) is 8.95. The van der Waals surface area contributed by atoms with Gasteiger partial charge in [-0.25, -0.2) is 9.97 Å². The van der Waals surface area contributed by atoms with E-state index in [0.717, 1.165) is 30.2 Å². The molecule has 0 saturated carbocycles. The number of aryl methyl sites for hydroxylation is 3. The Morgan fingerprint density at radius 1 is 1.12 bits per heavy atom. The molecule has 0 fully saturated rings. The number of hydrogen-bond donors (Lipinski definition) is 1. The quantitative estimate of drug-likeness (QED) is 0.922. The molecule has 0 radical (unpaired) electrons. The van der Waals surface area contributed by atoms with E-state index in [9.17, 15) is 0 Å². The van der Waals surface area contributed by atoms with Crippen LogP contribution in [0.2, 0.25) is 0 Å². The van der Waals surface area contributed by atoms with Crippen LogP contribution in [0.25, 0.3) is 0 Å². The second-order valence-corrected chi connectivity index (χ2v) is 7.90. The van der Waals surface area contributed by atoms with Gasteiger partial charge in [-0.15, -0.1) is 0 Å². The molecule has 1 aliphatic rings. The zero-order valence-electron chi connectivity index (χ0n) is 15.8. The molecule has 0 aliphatic heterocycles. The largest absolute Gasteiger partial charge is 0.363 e. The van der Waals surface area contributed by atoms with Crippen molar-refractivity contribution in [1.29, 1.82) is 0 Å². The highest BCUT2D eigenvalue weighted by Gasteiger charge is 2.22. The number of fused-ring (bicyclic) bond motifs is 1. The molecule has 24 heavy (non-hydrogen) atoms. The second-order valence-electron chi connectivity index (χ2n) is 7.90. The van der Waals surface area contributed by atoms with Crippen LogP contribution in [0, 0.1) is 13.8 Å². The minimum absolute atomic E-state index is 0.00655. The summed E-state index contributed by atoms with van der Waals surface area (Å²) < 4.78 is 2.05. The Labute approximate surface area is 144 Å². The van der Waals surface area contributed by atoms with E-state index in [4.69, 9.17) is 5.10 Å². The Morgan fingerprint density at radius 3 is 2.50 bits per heavy atom. The van der Waals surface area contributed by atoms with E-state index in [1.54, 1.807) is 0 Å². The molecule has 0 aromatic carbocycles. The van der Waals surface area contributed by atoms with Crippen molar-refractivity contribution in [2.75, 3.05) is 5.32 Å². The first-order chi connectivity index (χ1) is 11.3. The van der Waals surface area contributed by atoms with E-state index in [0.29, 0.717) is 0 Å². The number of nitrogens with one attached hydrogen (secondary N) is 1. The third-order valence-corrected chi connectivity index (χ3v) is 4.74. The van der Waals surface area contributed by atoms with Gasteiger partial charge in [-0.3, -0.25) is 4.68 Å². The molecule has 0 spiro atoms. The maximum Gasteiger partial charge on any atom is 0.133 e. The summed E-state index contributed by atoms with van der Waals surface area (Å²) in [4.78, 5) is 9.33. The molecule has 130 valence electrons. The molecule has 1 N–H and O–H groups in total. The molecule has 2 heterocycles. The van der Waals surface area contributed by atoms with Gasteiger partial charge in [0.1, 0.15) is 11.6 Å². The Kier molecular flexibility index (Phi) is 4.37. The maximum atomic E-state index is 4.69. The molecule has 1 aliphatic carbocycles. The van der Waals surface area contributed by atoms with Crippen LogP contribution in [0.4, 0.5) is 5.82 Å². The van der Waals surface area contributed by atoms with Gasteiger partial charge in [-0.05, 0) is 67.2 Å². The Bertz CT molecular complexity index is 739. The zero-order chi connectivity index (χ0) is 17.5. The smallest absolute Gasteiger partial charge is 0.133 e. The van der Waals surface area contributed by atoms with Crippen LogP contribution in [0.15, 0.2) is 6.20 Å². The van der Waals surface area contributed by atoms with Gasteiger partial charge >= 0.3 is 0 Å². The van der Waals surface area contributed by atoms with Crippen LogP contribution in [-0.4, -0.2) is 19.7 Å². The van der Waals surface area contributed by atoms with Crippen LogP contribution >= 0.6 is 0 Å². The van der Waals surface area contributed by atoms with E-state index in [1.165, 1.54) is 29.7 Å². The summed E-state index contributed by atoms with van der Waals surface area (Å²) in [5, 5.41) is 8.32. The van der Waals surface area contributed by atoms with Crippen molar-refractivity contribution >= 4 is 5.82 Å². The summed E-state index contributed by atoms with van der Waals surface area (Å²) in [6.07, 6.45) is 6.76. The molecular formula is C19H29N5.